The Labute approximate surface area is 98.6 Å². The number of hydrogen-bond acceptors (Lipinski definition) is 3. The number of nitrogens with two attached hydrogens (primary N) is 1. The first-order valence-corrected chi connectivity index (χ1v) is 6.45. The third-order valence-corrected chi connectivity index (χ3v) is 3.26. The monoisotopic (exact) mass is 227 g/mol. The molecule has 4 nitrogen and oxygen atoms in total. The Hall–Kier alpha value is -0.610. The van der Waals surface area contributed by atoms with Gasteiger partial charge in [-0.1, -0.05) is 13.3 Å². The van der Waals surface area contributed by atoms with Crippen molar-refractivity contribution in [1.29, 1.82) is 0 Å². The summed E-state index contributed by atoms with van der Waals surface area (Å²) in [6.07, 6.45) is 4.47. The van der Waals surface area contributed by atoms with Crippen LogP contribution in [0.1, 0.15) is 32.6 Å². The predicted molar refractivity (Wildman–Crippen MR) is 66.1 cm³/mol. The van der Waals surface area contributed by atoms with E-state index >= 15 is 0 Å². The van der Waals surface area contributed by atoms with Crippen molar-refractivity contribution in [1.82, 2.24) is 10.2 Å². The van der Waals surface area contributed by atoms with Crippen molar-refractivity contribution in [3.63, 3.8) is 0 Å². The Morgan fingerprint density at radius 1 is 1.44 bits per heavy atom. The summed E-state index contributed by atoms with van der Waals surface area (Å²) in [6, 6.07) is 0. The number of hydrogen-bond donors (Lipinski definition) is 2. The largest absolute Gasteiger partial charge is 0.355 e. The molecule has 16 heavy (non-hydrogen) atoms. The molecular weight excluding hydrogens is 202 g/mol. The van der Waals surface area contributed by atoms with Gasteiger partial charge in [0.2, 0.25) is 5.91 Å². The summed E-state index contributed by atoms with van der Waals surface area (Å²) in [6.45, 7) is 6.32. The highest BCUT2D eigenvalue weighted by Crippen LogP contribution is 2.14. The van der Waals surface area contributed by atoms with Crippen LogP contribution in [0.25, 0.3) is 0 Å². The number of carbonyl (C=O) groups is 1. The molecule has 3 N–H and O–H groups in total. The van der Waals surface area contributed by atoms with Crippen LogP contribution in [-0.4, -0.2) is 43.5 Å². The molecule has 1 amide bonds. The topological polar surface area (TPSA) is 58.4 Å². The highest BCUT2D eigenvalue weighted by molar-refractivity contribution is 5.77. The molecule has 0 bridgehead atoms. The van der Waals surface area contributed by atoms with Gasteiger partial charge in [-0.25, -0.2) is 0 Å². The van der Waals surface area contributed by atoms with Gasteiger partial charge in [0.05, 0.1) is 6.54 Å². The molecule has 1 aliphatic heterocycles. The molecule has 1 fully saturated rings. The molecule has 1 saturated heterocycles. The molecule has 1 heterocycles. The van der Waals surface area contributed by atoms with E-state index in [1.807, 2.05) is 0 Å². The van der Waals surface area contributed by atoms with Gasteiger partial charge in [-0.2, -0.15) is 0 Å². The highest BCUT2D eigenvalue weighted by Gasteiger charge is 2.19. The lowest BCUT2D eigenvalue weighted by Gasteiger charge is -2.30. The van der Waals surface area contributed by atoms with E-state index in [0.29, 0.717) is 12.5 Å². The van der Waals surface area contributed by atoms with Crippen LogP contribution in [0.2, 0.25) is 0 Å². The molecule has 0 atom stereocenters. The number of nitrogens with one attached hydrogen (secondary N) is 1. The first kappa shape index (κ1) is 13.5. The average molecular weight is 227 g/mol. The van der Waals surface area contributed by atoms with E-state index in [-0.39, 0.29) is 5.91 Å². The lowest BCUT2D eigenvalue weighted by molar-refractivity contribution is -0.122. The van der Waals surface area contributed by atoms with Crippen molar-refractivity contribution in [2.75, 3.05) is 32.7 Å². The SMILES string of the molecule is CCCCNC(=O)CN1CCC(CN)CC1. The van der Waals surface area contributed by atoms with Crippen LogP contribution in [0.3, 0.4) is 0 Å². The average Bonchev–Trinajstić information content (AvgIpc) is 2.30. The summed E-state index contributed by atoms with van der Waals surface area (Å²) < 4.78 is 0. The summed E-state index contributed by atoms with van der Waals surface area (Å²) in [5, 5.41) is 2.95. The fourth-order valence-corrected chi connectivity index (χ4v) is 2.04. The minimum atomic E-state index is 0.166. The third kappa shape index (κ3) is 4.94. The second-order valence-corrected chi connectivity index (χ2v) is 4.66. The van der Waals surface area contributed by atoms with Crippen LogP contribution in [0, 0.1) is 5.92 Å². The van der Waals surface area contributed by atoms with E-state index in [1.165, 1.54) is 0 Å². The van der Waals surface area contributed by atoms with E-state index in [2.05, 4.69) is 17.1 Å². The highest BCUT2D eigenvalue weighted by atomic mass is 16.2. The van der Waals surface area contributed by atoms with Gasteiger partial charge in [-0.3, -0.25) is 9.69 Å². The second-order valence-electron chi connectivity index (χ2n) is 4.66. The first-order chi connectivity index (χ1) is 7.76. The third-order valence-electron chi connectivity index (χ3n) is 3.26. The van der Waals surface area contributed by atoms with Crippen LogP contribution in [0.4, 0.5) is 0 Å². The van der Waals surface area contributed by atoms with Gasteiger partial charge in [0.15, 0.2) is 0 Å². The number of rotatable bonds is 6. The zero-order valence-electron chi connectivity index (χ0n) is 10.4. The Bertz CT molecular complexity index is 200. The van der Waals surface area contributed by atoms with Gasteiger partial charge >= 0.3 is 0 Å². The molecule has 0 aromatic heterocycles. The molecule has 94 valence electrons. The Morgan fingerprint density at radius 3 is 2.69 bits per heavy atom. The van der Waals surface area contributed by atoms with Crippen LogP contribution in [-0.2, 0) is 4.79 Å². The normalized spacial score (nSPS) is 18.6. The summed E-state index contributed by atoms with van der Waals surface area (Å²) in [7, 11) is 0. The number of piperidine rings is 1. The number of likely N-dealkylation sites (tertiary alicyclic amines) is 1. The lowest BCUT2D eigenvalue weighted by Crippen LogP contribution is -2.42. The minimum Gasteiger partial charge on any atom is -0.355 e. The van der Waals surface area contributed by atoms with E-state index in [1.54, 1.807) is 0 Å². The van der Waals surface area contributed by atoms with Crippen LogP contribution in [0.15, 0.2) is 0 Å². The molecule has 0 unspecified atom stereocenters. The van der Waals surface area contributed by atoms with Crippen molar-refractivity contribution in [3.8, 4) is 0 Å². The number of amides is 1. The first-order valence-electron chi connectivity index (χ1n) is 6.45. The summed E-state index contributed by atoms with van der Waals surface area (Å²) in [4.78, 5) is 13.8. The zero-order chi connectivity index (χ0) is 11.8. The smallest absolute Gasteiger partial charge is 0.234 e. The van der Waals surface area contributed by atoms with Crippen molar-refractivity contribution in [3.05, 3.63) is 0 Å². The maximum absolute atomic E-state index is 11.6. The molecule has 0 spiro atoms. The quantitative estimate of drug-likeness (QED) is 0.652. The van der Waals surface area contributed by atoms with E-state index in [0.717, 1.165) is 51.9 Å². The van der Waals surface area contributed by atoms with Gasteiger partial charge in [0.25, 0.3) is 0 Å². The molecule has 0 radical (unpaired) electrons. The van der Waals surface area contributed by atoms with E-state index < -0.39 is 0 Å². The van der Waals surface area contributed by atoms with Crippen molar-refractivity contribution in [2.45, 2.75) is 32.6 Å². The van der Waals surface area contributed by atoms with Crippen molar-refractivity contribution >= 4 is 5.91 Å². The van der Waals surface area contributed by atoms with Gasteiger partial charge < -0.3 is 11.1 Å². The molecule has 4 heteroatoms. The zero-order valence-corrected chi connectivity index (χ0v) is 10.4. The van der Waals surface area contributed by atoms with Crippen molar-refractivity contribution < 1.29 is 4.79 Å². The fourth-order valence-electron chi connectivity index (χ4n) is 2.04. The Kier molecular flexibility index (Phi) is 6.42. The predicted octanol–water partition coefficient (Wildman–Crippen LogP) is 0.573. The molecule has 0 saturated carbocycles. The lowest BCUT2D eigenvalue weighted by atomic mass is 9.97. The summed E-state index contributed by atoms with van der Waals surface area (Å²) in [5.41, 5.74) is 5.63. The number of carbonyl (C=O) groups excluding carboxylic acids is 1. The number of nitrogens with zero attached hydrogens (tertiary/aromatic N) is 1. The molecule has 0 aromatic carbocycles. The minimum absolute atomic E-state index is 0.166. The number of unbranched alkanes of at least 4 members (excludes halogenated alkanes) is 1. The molecule has 1 rings (SSSR count). The second kappa shape index (κ2) is 7.63. The Morgan fingerprint density at radius 2 is 2.12 bits per heavy atom. The maximum atomic E-state index is 11.6. The van der Waals surface area contributed by atoms with Crippen LogP contribution in [0.5, 0.6) is 0 Å². The summed E-state index contributed by atoms with van der Waals surface area (Å²) >= 11 is 0. The van der Waals surface area contributed by atoms with Crippen LogP contribution < -0.4 is 11.1 Å². The molecule has 0 aliphatic carbocycles. The van der Waals surface area contributed by atoms with Gasteiger partial charge in [0, 0.05) is 6.54 Å². The van der Waals surface area contributed by atoms with Gasteiger partial charge in [-0.05, 0) is 44.8 Å². The summed E-state index contributed by atoms with van der Waals surface area (Å²) in [5.74, 6) is 0.832. The fraction of sp³-hybridized carbons (Fsp3) is 0.917. The van der Waals surface area contributed by atoms with Crippen molar-refractivity contribution in [2.24, 2.45) is 11.7 Å². The molecular formula is C12H25N3O. The standard InChI is InChI=1S/C12H25N3O/c1-2-3-6-14-12(16)10-15-7-4-11(9-13)5-8-15/h11H,2-10,13H2,1H3,(H,14,16). The van der Waals surface area contributed by atoms with E-state index in [9.17, 15) is 4.79 Å². The van der Waals surface area contributed by atoms with Crippen LogP contribution >= 0.6 is 0 Å². The van der Waals surface area contributed by atoms with E-state index in [4.69, 9.17) is 5.73 Å². The Balaban J connectivity index is 2.10. The molecule has 1 aliphatic rings. The van der Waals surface area contributed by atoms with Gasteiger partial charge in [0.1, 0.15) is 0 Å². The molecule has 0 aromatic rings. The maximum Gasteiger partial charge on any atom is 0.234 e. The van der Waals surface area contributed by atoms with Gasteiger partial charge in [-0.15, -0.1) is 0 Å².